The highest BCUT2D eigenvalue weighted by Crippen LogP contribution is 2.33. The molecule has 20 heavy (non-hydrogen) atoms. The molecule has 1 aliphatic carbocycles. The van der Waals surface area contributed by atoms with Crippen LogP contribution in [0.2, 0.25) is 0 Å². The lowest BCUT2D eigenvalue weighted by Crippen LogP contribution is -2.37. The van der Waals surface area contributed by atoms with Gasteiger partial charge in [0.05, 0.1) is 0 Å². The van der Waals surface area contributed by atoms with Crippen molar-refractivity contribution in [3.05, 3.63) is 29.8 Å². The molecular weight excluding hydrogens is 332 g/mol. The van der Waals surface area contributed by atoms with E-state index in [0.717, 1.165) is 19.4 Å². The lowest BCUT2D eigenvalue weighted by Gasteiger charge is -2.34. The Morgan fingerprint density at radius 3 is 2.50 bits per heavy atom. The summed E-state index contributed by atoms with van der Waals surface area (Å²) in [5.74, 6) is 0.488. The van der Waals surface area contributed by atoms with Crippen LogP contribution < -0.4 is 4.74 Å². The van der Waals surface area contributed by atoms with Gasteiger partial charge in [-0.25, -0.2) is 0 Å². The number of halogens is 3. The molecule has 2 rings (SSSR count). The molecule has 0 aliphatic heterocycles. The normalized spacial score (nSPS) is 21.4. The molecule has 0 unspecified atom stereocenters. The Balaban J connectivity index is 1.91. The van der Waals surface area contributed by atoms with Crippen molar-refractivity contribution >= 4 is 21.8 Å². The van der Waals surface area contributed by atoms with Gasteiger partial charge in [0.2, 0.25) is 0 Å². The fourth-order valence-electron chi connectivity index (χ4n) is 2.27. The zero-order valence-corrected chi connectivity index (χ0v) is 12.6. The highest BCUT2D eigenvalue weighted by atomic mass is 79.9. The van der Waals surface area contributed by atoms with E-state index < -0.39 is 6.61 Å². The number of alkyl halides is 3. The standard InChI is InChI=1S/C14H16BrF2NO2/c1-18(8-9-6-11(15)7-9)13(19)10-2-4-12(5-3-10)20-14(16)17/h2-5,9,11,14H,6-8H2,1H3. The Bertz CT molecular complexity index is 461. The predicted molar refractivity (Wildman–Crippen MR) is 75.5 cm³/mol. The van der Waals surface area contributed by atoms with Gasteiger partial charge in [-0.2, -0.15) is 8.78 Å². The minimum atomic E-state index is -2.85. The Hall–Kier alpha value is -1.17. The molecule has 0 spiro atoms. The van der Waals surface area contributed by atoms with Crippen LogP contribution in [0.3, 0.4) is 0 Å². The summed E-state index contributed by atoms with van der Waals surface area (Å²) in [6.07, 6.45) is 2.16. The van der Waals surface area contributed by atoms with Gasteiger partial charge in [-0.3, -0.25) is 4.79 Å². The van der Waals surface area contributed by atoms with Crippen molar-refractivity contribution in [3.63, 3.8) is 0 Å². The molecule has 1 aliphatic rings. The first-order chi connectivity index (χ1) is 9.45. The molecule has 110 valence electrons. The van der Waals surface area contributed by atoms with Crippen LogP contribution in [0.25, 0.3) is 0 Å². The predicted octanol–water partition coefficient (Wildman–Crippen LogP) is 3.53. The summed E-state index contributed by atoms with van der Waals surface area (Å²) < 4.78 is 28.3. The van der Waals surface area contributed by atoms with E-state index in [0.29, 0.717) is 16.3 Å². The van der Waals surface area contributed by atoms with Gasteiger partial charge in [0.1, 0.15) is 5.75 Å². The fourth-order valence-corrected chi connectivity index (χ4v) is 3.33. The van der Waals surface area contributed by atoms with Gasteiger partial charge >= 0.3 is 6.61 Å². The van der Waals surface area contributed by atoms with Crippen molar-refractivity contribution in [2.45, 2.75) is 24.3 Å². The van der Waals surface area contributed by atoms with Gasteiger partial charge in [0, 0.05) is 24.0 Å². The Kier molecular flexibility index (Phi) is 4.96. The molecular formula is C14H16BrF2NO2. The summed E-state index contributed by atoms with van der Waals surface area (Å²) in [5.41, 5.74) is 0.476. The van der Waals surface area contributed by atoms with Crippen LogP contribution in [0, 0.1) is 5.92 Å². The lowest BCUT2D eigenvalue weighted by molar-refractivity contribution is -0.0498. The summed E-state index contributed by atoms with van der Waals surface area (Å²) in [6, 6.07) is 5.77. The number of amides is 1. The van der Waals surface area contributed by atoms with Crippen molar-refractivity contribution < 1.29 is 18.3 Å². The van der Waals surface area contributed by atoms with Crippen LogP contribution in [-0.2, 0) is 0 Å². The van der Waals surface area contributed by atoms with Gasteiger partial charge in [-0.05, 0) is 43.0 Å². The van der Waals surface area contributed by atoms with Crippen molar-refractivity contribution in [1.82, 2.24) is 4.90 Å². The van der Waals surface area contributed by atoms with Crippen LogP contribution in [-0.4, -0.2) is 35.8 Å². The van der Waals surface area contributed by atoms with E-state index in [1.807, 2.05) is 0 Å². The van der Waals surface area contributed by atoms with E-state index in [4.69, 9.17) is 0 Å². The second-order valence-electron chi connectivity index (χ2n) is 5.02. The number of carbonyl (C=O) groups excluding carboxylic acids is 1. The first-order valence-electron chi connectivity index (χ1n) is 6.40. The molecule has 1 fully saturated rings. The molecule has 0 bridgehead atoms. The molecule has 1 saturated carbocycles. The molecule has 0 atom stereocenters. The van der Waals surface area contributed by atoms with Crippen LogP contribution in [0.5, 0.6) is 5.75 Å². The van der Waals surface area contributed by atoms with E-state index in [-0.39, 0.29) is 11.7 Å². The van der Waals surface area contributed by atoms with Gasteiger partial charge in [0.15, 0.2) is 0 Å². The minimum absolute atomic E-state index is 0.0559. The average molecular weight is 348 g/mol. The number of carbonyl (C=O) groups is 1. The SMILES string of the molecule is CN(CC1CC(Br)C1)C(=O)c1ccc(OC(F)F)cc1. The Morgan fingerprint density at radius 2 is 2.00 bits per heavy atom. The number of ether oxygens (including phenoxy) is 1. The molecule has 0 aromatic heterocycles. The highest BCUT2D eigenvalue weighted by molar-refractivity contribution is 9.09. The largest absolute Gasteiger partial charge is 0.435 e. The second-order valence-corrected chi connectivity index (χ2v) is 6.32. The van der Waals surface area contributed by atoms with Crippen molar-refractivity contribution in [3.8, 4) is 5.75 Å². The first kappa shape index (κ1) is 15.2. The number of hydrogen-bond donors (Lipinski definition) is 0. The smallest absolute Gasteiger partial charge is 0.387 e. The number of rotatable bonds is 5. The van der Waals surface area contributed by atoms with Crippen molar-refractivity contribution in [2.75, 3.05) is 13.6 Å². The zero-order valence-electron chi connectivity index (χ0n) is 11.1. The lowest BCUT2D eigenvalue weighted by atomic mass is 9.85. The molecule has 0 N–H and O–H groups in total. The summed E-state index contributed by atoms with van der Waals surface area (Å²) in [6.45, 7) is -2.13. The molecule has 6 heteroatoms. The average Bonchev–Trinajstić information content (AvgIpc) is 2.36. The molecule has 0 saturated heterocycles. The molecule has 0 heterocycles. The van der Waals surface area contributed by atoms with Gasteiger partial charge < -0.3 is 9.64 Å². The van der Waals surface area contributed by atoms with E-state index >= 15 is 0 Å². The third-order valence-corrected chi connectivity index (χ3v) is 4.13. The van der Waals surface area contributed by atoms with Gasteiger partial charge in [-0.1, -0.05) is 15.9 Å². The van der Waals surface area contributed by atoms with E-state index in [9.17, 15) is 13.6 Å². The molecule has 0 radical (unpaired) electrons. The van der Waals surface area contributed by atoms with Gasteiger partial charge in [-0.15, -0.1) is 0 Å². The monoisotopic (exact) mass is 347 g/mol. The number of benzene rings is 1. The molecule has 1 aromatic rings. The maximum Gasteiger partial charge on any atom is 0.387 e. The summed E-state index contributed by atoms with van der Waals surface area (Å²) >= 11 is 3.52. The highest BCUT2D eigenvalue weighted by Gasteiger charge is 2.28. The van der Waals surface area contributed by atoms with Crippen LogP contribution in [0.15, 0.2) is 24.3 Å². The maximum absolute atomic E-state index is 12.2. The third-order valence-electron chi connectivity index (χ3n) is 3.38. The van der Waals surface area contributed by atoms with Gasteiger partial charge in [0.25, 0.3) is 5.91 Å². The summed E-state index contributed by atoms with van der Waals surface area (Å²) in [5, 5.41) is 0. The first-order valence-corrected chi connectivity index (χ1v) is 7.31. The number of hydrogen-bond acceptors (Lipinski definition) is 2. The summed E-state index contributed by atoms with van der Waals surface area (Å²) in [4.78, 5) is 14.4. The van der Waals surface area contributed by atoms with Crippen LogP contribution in [0.1, 0.15) is 23.2 Å². The van der Waals surface area contributed by atoms with E-state index in [1.165, 1.54) is 24.3 Å². The van der Waals surface area contributed by atoms with Crippen LogP contribution >= 0.6 is 15.9 Å². The molecule has 1 aromatic carbocycles. The molecule has 1 amide bonds. The summed E-state index contributed by atoms with van der Waals surface area (Å²) in [7, 11) is 1.76. The fraction of sp³-hybridized carbons (Fsp3) is 0.500. The maximum atomic E-state index is 12.2. The quantitative estimate of drug-likeness (QED) is 0.762. The second kappa shape index (κ2) is 6.52. The minimum Gasteiger partial charge on any atom is -0.435 e. The van der Waals surface area contributed by atoms with E-state index in [1.54, 1.807) is 11.9 Å². The Labute approximate surface area is 125 Å². The van der Waals surface area contributed by atoms with E-state index in [2.05, 4.69) is 20.7 Å². The zero-order chi connectivity index (χ0) is 14.7. The third kappa shape index (κ3) is 3.91. The molecule has 3 nitrogen and oxygen atoms in total. The Morgan fingerprint density at radius 1 is 1.40 bits per heavy atom. The van der Waals surface area contributed by atoms with Crippen molar-refractivity contribution in [1.29, 1.82) is 0 Å². The van der Waals surface area contributed by atoms with Crippen LogP contribution in [0.4, 0.5) is 8.78 Å². The number of nitrogens with zero attached hydrogens (tertiary/aromatic N) is 1. The topological polar surface area (TPSA) is 29.5 Å². The van der Waals surface area contributed by atoms with Crippen molar-refractivity contribution in [2.24, 2.45) is 5.92 Å².